The van der Waals surface area contributed by atoms with Crippen LogP contribution in [-0.2, 0) is 0 Å². The van der Waals surface area contributed by atoms with Crippen molar-refractivity contribution in [3.05, 3.63) is 0 Å². The molecule has 0 saturated carbocycles. The van der Waals surface area contributed by atoms with E-state index in [0.717, 1.165) is 0 Å². The van der Waals surface area contributed by atoms with Crippen LogP contribution < -0.4 is 5.32 Å². The second-order valence-electron chi connectivity index (χ2n) is 0.500. The Kier molecular flexibility index (Phi) is 20.2. The summed E-state index contributed by atoms with van der Waals surface area (Å²) < 4.78 is 0. The van der Waals surface area contributed by atoms with Gasteiger partial charge >= 0.3 is 0 Å². The van der Waals surface area contributed by atoms with Gasteiger partial charge in [0.25, 0.3) is 0 Å². The van der Waals surface area contributed by atoms with Crippen LogP contribution in [0.25, 0.3) is 0 Å². The minimum Gasteiger partial charge on any atom is -0.323 e. The third-order valence-corrected chi connectivity index (χ3v) is 0. The molecule has 0 aliphatic rings. The first kappa shape index (κ1) is 8.85. The Labute approximate surface area is 45.9 Å². The summed E-state index contributed by atoms with van der Waals surface area (Å²) in [5, 5.41) is 2.75. The van der Waals surface area contributed by atoms with Crippen molar-refractivity contribution in [3.63, 3.8) is 0 Å². The monoisotopic (exact) mass is 254 g/mol. The van der Waals surface area contributed by atoms with E-state index >= 15 is 0 Å². The van der Waals surface area contributed by atoms with E-state index in [9.17, 15) is 0 Å². The molecule has 0 atom stereocenters. The molecule has 2 heteroatoms. The Hall–Kier alpha value is 0.843. The molecule has 1 N–H and O–H groups in total. The molecule has 0 aliphatic carbocycles. The Balaban J connectivity index is 0. The van der Waals surface area contributed by atoms with Gasteiger partial charge in [0.1, 0.15) is 0 Å². The van der Waals surface area contributed by atoms with Crippen molar-refractivity contribution in [2.75, 3.05) is 14.1 Å². The zero-order chi connectivity index (χ0) is 2.71. The largest absolute Gasteiger partial charge is 0.323 e. The zero-order valence-electron chi connectivity index (χ0n) is 2.95. The molecule has 0 unspecified atom stereocenters. The van der Waals surface area contributed by atoms with E-state index in [2.05, 4.69) is 5.32 Å². The first-order chi connectivity index (χ1) is 1.41. The van der Waals surface area contributed by atoms with E-state index in [1.165, 1.54) is 0 Å². The van der Waals surface area contributed by atoms with Crippen LogP contribution in [0, 0.1) is 0 Å². The molecule has 0 aliphatic heterocycles. The summed E-state index contributed by atoms with van der Waals surface area (Å²) in [6.07, 6.45) is 0. The van der Waals surface area contributed by atoms with Crippen LogP contribution >= 0.6 is 0 Å². The van der Waals surface area contributed by atoms with Crippen LogP contribution in [0.1, 0.15) is 0 Å². The summed E-state index contributed by atoms with van der Waals surface area (Å²) in [6, 6.07) is 0. The van der Waals surface area contributed by atoms with Crippen LogP contribution in [0.15, 0.2) is 0 Å². The Morgan fingerprint density at radius 2 is 1.25 bits per heavy atom. The smallest absolute Gasteiger partial charge is 0 e. The molecule has 3 radical (unpaired) electrons. The zero-order valence-corrected chi connectivity index (χ0v) is 6.42. The first-order valence-corrected chi connectivity index (χ1v) is 1.00. The topological polar surface area (TPSA) is 12.0 Å². The van der Waals surface area contributed by atoms with Gasteiger partial charge in [-0.2, -0.15) is 0 Å². The van der Waals surface area contributed by atoms with Gasteiger partial charge < -0.3 is 5.32 Å². The molecule has 0 amide bonds. The fraction of sp³-hybridized carbons (Fsp3) is 1.00. The predicted octanol–water partition coefficient (Wildman–Crippen LogP) is -0.545. The maximum atomic E-state index is 2.75. The summed E-state index contributed by atoms with van der Waals surface area (Å²) >= 11 is 0. The molecule has 0 rings (SSSR count). The van der Waals surface area contributed by atoms with E-state index in [1.807, 2.05) is 14.1 Å². The van der Waals surface area contributed by atoms with E-state index in [4.69, 9.17) is 0 Å². The molecule has 0 saturated heterocycles. The minimum atomic E-state index is 0. The summed E-state index contributed by atoms with van der Waals surface area (Å²) in [5.41, 5.74) is 0. The van der Waals surface area contributed by atoms with Crippen LogP contribution in [0.5, 0.6) is 0 Å². The third kappa shape index (κ3) is 13.6. The van der Waals surface area contributed by atoms with Gasteiger partial charge in [-0.1, -0.05) is 0 Å². The average molecular weight is 254 g/mol. The van der Waals surface area contributed by atoms with Crippen molar-refractivity contribution in [3.8, 4) is 0 Å². The van der Waals surface area contributed by atoms with Gasteiger partial charge in [0, 0.05) is 26.2 Å². The maximum Gasteiger partial charge on any atom is 0 e. The van der Waals surface area contributed by atoms with Gasteiger partial charge in [0.2, 0.25) is 0 Å². The van der Waals surface area contributed by atoms with Gasteiger partial charge in [0.15, 0.2) is 0 Å². The van der Waals surface area contributed by atoms with Crippen molar-refractivity contribution in [1.82, 2.24) is 5.32 Å². The van der Waals surface area contributed by atoms with Crippen LogP contribution in [0.2, 0.25) is 0 Å². The molecule has 0 heterocycles. The fourth-order valence-electron chi connectivity index (χ4n) is 0. The summed E-state index contributed by atoms with van der Waals surface area (Å²) in [7, 11) is 3.75. The molecule has 0 aromatic heterocycles. The third-order valence-electron chi connectivity index (χ3n) is 0. The van der Waals surface area contributed by atoms with E-state index in [-0.39, 0.29) is 26.2 Å². The van der Waals surface area contributed by atoms with Crippen molar-refractivity contribution in [2.24, 2.45) is 0 Å². The quantitative estimate of drug-likeness (QED) is 0.572. The van der Waals surface area contributed by atoms with Crippen molar-refractivity contribution >= 4 is 26.2 Å². The molecule has 0 spiro atoms. The molecule has 25 valence electrons. The van der Waals surface area contributed by atoms with Gasteiger partial charge in [-0.25, -0.2) is 0 Å². The standard InChI is InChI=1S/C2H7N.Bi/c1-3-2;/h3H,1-2H3;. The second kappa shape index (κ2) is 9.14. The molecule has 1 nitrogen and oxygen atoms in total. The van der Waals surface area contributed by atoms with E-state index in [1.54, 1.807) is 0 Å². The van der Waals surface area contributed by atoms with Crippen molar-refractivity contribution in [1.29, 1.82) is 0 Å². The normalized spacial score (nSPS) is 4.50. The molecular formula is C2H7BiN. The molecule has 0 aromatic rings. The van der Waals surface area contributed by atoms with Crippen LogP contribution in [-0.4, -0.2) is 40.3 Å². The number of hydrogen-bond donors (Lipinski definition) is 1. The van der Waals surface area contributed by atoms with E-state index in [0.29, 0.717) is 0 Å². The SMILES string of the molecule is CNC.[Bi]. The van der Waals surface area contributed by atoms with Gasteiger partial charge in [-0.05, 0) is 14.1 Å². The fourth-order valence-corrected chi connectivity index (χ4v) is 0. The van der Waals surface area contributed by atoms with E-state index < -0.39 is 0 Å². The molecule has 4 heavy (non-hydrogen) atoms. The Morgan fingerprint density at radius 3 is 1.25 bits per heavy atom. The van der Waals surface area contributed by atoms with Gasteiger partial charge in [-0.15, -0.1) is 0 Å². The minimum absolute atomic E-state index is 0. The number of rotatable bonds is 0. The Bertz CT molecular complexity index is 6.00. The second-order valence-corrected chi connectivity index (χ2v) is 0.500. The van der Waals surface area contributed by atoms with Crippen LogP contribution in [0.3, 0.4) is 0 Å². The molecular weight excluding hydrogens is 247 g/mol. The predicted molar refractivity (Wildman–Crippen MR) is 20.7 cm³/mol. The number of nitrogens with one attached hydrogen (secondary N) is 1. The van der Waals surface area contributed by atoms with Crippen molar-refractivity contribution < 1.29 is 0 Å². The molecule has 0 bridgehead atoms. The Morgan fingerprint density at radius 1 is 1.25 bits per heavy atom. The molecule has 0 fully saturated rings. The maximum absolute atomic E-state index is 2.75. The first-order valence-electron chi connectivity index (χ1n) is 1.00. The van der Waals surface area contributed by atoms with Gasteiger partial charge in [0.05, 0.1) is 0 Å². The summed E-state index contributed by atoms with van der Waals surface area (Å²) in [6.45, 7) is 0. The van der Waals surface area contributed by atoms with Crippen molar-refractivity contribution in [2.45, 2.75) is 0 Å². The molecule has 0 aromatic carbocycles. The summed E-state index contributed by atoms with van der Waals surface area (Å²) in [5.74, 6) is 0. The van der Waals surface area contributed by atoms with Crippen LogP contribution in [0.4, 0.5) is 0 Å². The summed E-state index contributed by atoms with van der Waals surface area (Å²) in [4.78, 5) is 0. The van der Waals surface area contributed by atoms with Gasteiger partial charge in [-0.3, -0.25) is 0 Å². The number of hydrogen-bond acceptors (Lipinski definition) is 1. The average Bonchev–Trinajstić information content (AvgIpc) is 0.918.